The summed E-state index contributed by atoms with van der Waals surface area (Å²) in [6.07, 6.45) is 0.292. The highest BCUT2D eigenvalue weighted by atomic mass is 16.5. The van der Waals surface area contributed by atoms with Crippen LogP contribution in [-0.2, 0) is 14.3 Å². The number of carbonyl (C=O) groups excluding carboxylic acids is 1. The van der Waals surface area contributed by atoms with Gasteiger partial charge < -0.3 is 15.2 Å². The van der Waals surface area contributed by atoms with Gasteiger partial charge in [0.2, 0.25) is 0 Å². The Morgan fingerprint density at radius 3 is 3.14 bits per heavy atom. The van der Waals surface area contributed by atoms with Crippen LogP contribution in [0.5, 0.6) is 0 Å². The topological polar surface area (TPSA) is 64.8 Å². The SMILES string of the molecule is COC(=O)CC1CN(CCN)CCO1. The van der Waals surface area contributed by atoms with E-state index in [0.717, 1.165) is 19.6 Å². The van der Waals surface area contributed by atoms with Crippen molar-refractivity contribution >= 4 is 5.97 Å². The van der Waals surface area contributed by atoms with Crippen molar-refractivity contribution < 1.29 is 14.3 Å². The molecule has 0 saturated carbocycles. The molecule has 0 radical (unpaired) electrons. The second-order valence-corrected chi connectivity index (χ2v) is 3.36. The quantitative estimate of drug-likeness (QED) is 0.605. The second-order valence-electron chi connectivity index (χ2n) is 3.36. The number of methoxy groups -OCH3 is 1. The van der Waals surface area contributed by atoms with E-state index >= 15 is 0 Å². The fraction of sp³-hybridized carbons (Fsp3) is 0.889. The predicted octanol–water partition coefficient (Wildman–Crippen LogP) is -0.791. The average molecular weight is 202 g/mol. The molecule has 0 aromatic carbocycles. The number of carbonyl (C=O) groups is 1. The van der Waals surface area contributed by atoms with Gasteiger partial charge in [-0.05, 0) is 0 Å². The Morgan fingerprint density at radius 2 is 2.50 bits per heavy atom. The largest absolute Gasteiger partial charge is 0.469 e. The fourth-order valence-electron chi connectivity index (χ4n) is 1.56. The van der Waals surface area contributed by atoms with Gasteiger partial charge in [0.1, 0.15) is 0 Å². The van der Waals surface area contributed by atoms with Crippen molar-refractivity contribution in [3.05, 3.63) is 0 Å². The lowest BCUT2D eigenvalue weighted by atomic mass is 10.2. The molecule has 0 aromatic rings. The molecule has 0 spiro atoms. The highest BCUT2D eigenvalue weighted by Gasteiger charge is 2.22. The van der Waals surface area contributed by atoms with Crippen LogP contribution in [-0.4, -0.2) is 56.9 Å². The molecule has 1 aliphatic rings. The van der Waals surface area contributed by atoms with E-state index in [1.165, 1.54) is 7.11 Å². The molecule has 14 heavy (non-hydrogen) atoms. The molecule has 0 bridgehead atoms. The number of nitrogens with two attached hydrogens (primary N) is 1. The number of morpholine rings is 1. The fourth-order valence-corrected chi connectivity index (χ4v) is 1.56. The van der Waals surface area contributed by atoms with E-state index in [1.54, 1.807) is 0 Å². The summed E-state index contributed by atoms with van der Waals surface area (Å²) in [5.41, 5.74) is 5.46. The van der Waals surface area contributed by atoms with E-state index in [0.29, 0.717) is 19.6 Å². The van der Waals surface area contributed by atoms with E-state index in [9.17, 15) is 4.79 Å². The molecule has 1 heterocycles. The van der Waals surface area contributed by atoms with E-state index < -0.39 is 0 Å². The van der Waals surface area contributed by atoms with Gasteiger partial charge in [-0.15, -0.1) is 0 Å². The molecule has 1 atom stereocenters. The first-order valence-corrected chi connectivity index (χ1v) is 4.87. The van der Waals surface area contributed by atoms with Crippen LogP contribution in [0.2, 0.25) is 0 Å². The third-order valence-corrected chi connectivity index (χ3v) is 2.29. The number of ether oxygens (including phenoxy) is 2. The van der Waals surface area contributed by atoms with Gasteiger partial charge in [-0.25, -0.2) is 0 Å². The number of rotatable bonds is 4. The monoisotopic (exact) mass is 202 g/mol. The maximum Gasteiger partial charge on any atom is 0.308 e. The Hall–Kier alpha value is -0.650. The zero-order chi connectivity index (χ0) is 10.4. The zero-order valence-corrected chi connectivity index (χ0v) is 8.57. The van der Waals surface area contributed by atoms with Crippen molar-refractivity contribution in [3.8, 4) is 0 Å². The first kappa shape index (κ1) is 11.4. The molecule has 0 amide bonds. The van der Waals surface area contributed by atoms with Crippen molar-refractivity contribution in [1.82, 2.24) is 4.90 Å². The Bertz CT molecular complexity index is 185. The summed E-state index contributed by atoms with van der Waals surface area (Å²) >= 11 is 0. The smallest absolute Gasteiger partial charge is 0.308 e. The highest BCUT2D eigenvalue weighted by Crippen LogP contribution is 2.08. The third-order valence-electron chi connectivity index (χ3n) is 2.29. The van der Waals surface area contributed by atoms with Crippen molar-refractivity contribution in [2.24, 2.45) is 5.73 Å². The van der Waals surface area contributed by atoms with E-state index in [2.05, 4.69) is 9.64 Å². The van der Waals surface area contributed by atoms with E-state index in [1.807, 2.05) is 0 Å². The molecule has 0 aromatic heterocycles. The lowest BCUT2D eigenvalue weighted by molar-refractivity contribution is -0.145. The van der Waals surface area contributed by atoms with Crippen molar-refractivity contribution in [1.29, 1.82) is 0 Å². The highest BCUT2D eigenvalue weighted by molar-refractivity contribution is 5.69. The minimum Gasteiger partial charge on any atom is -0.469 e. The second kappa shape index (κ2) is 5.95. The number of esters is 1. The normalized spacial score (nSPS) is 23.4. The van der Waals surface area contributed by atoms with Gasteiger partial charge in [-0.1, -0.05) is 0 Å². The summed E-state index contributed by atoms with van der Waals surface area (Å²) in [6, 6.07) is 0. The van der Waals surface area contributed by atoms with Crippen LogP contribution in [0, 0.1) is 0 Å². The van der Waals surface area contributed by atoms with Gasteiger partial charge in [-0.2, -0.15) is 0 Å². The lowest BCUT2D eigenvalue weighted by Gasteiger charge is -2.31. The van der Waals surface area contributed by atoms with Crippen molar-refractivity contribution in [2.75, 3.05) is 39.9 Å². The van der Waals surface area contributed by atoms with Crippen molar-refractivity contribution in [2.45, 2.75) is 12.5 Å². The Morgan fingerprint density at radius 1 is 1.71 bits per heavy atom. The van der Waals surface area contributed by atoms with Gasteiger partial charge in [0, 0.05) is 26.2 Å². The Kier molecular flexibility index (Phi) is 4.86. The maximum atomic E-state index is 11.0. The molecule has 1 aliphatic heterocycles. The standard InChI is InChI=1S/C9H18N2O3/c1-13-9(12)6-8-7-11(3-2-10)4-5-14-8/h8H,2-7,10H2,1H3. The molecule has 1 rings (SSSR count). The lowest BCUT2D eigenvalue weighted by Crippen LogP contribution is -2.45. The summed E-state index contributed by atoms with van der Waals surface area (Å²) in [5.74, 6) is -0.218. The summed E-state index contributed by atoms with van der Waals surface area (Å²) < 4.78 is 10.0. The Labute approximate surface area is 84.1 Å². The molecular formula is C9H18N2O3. The molecule has 1 fully saturated rings. The first-order chi connectivity index (χ1) is 6.76. The van der Waals surface area contributed by atoms with Crippen molar-refractivity contribution in [3.63, 3.8) is 0 Å². The Balaban J connectivity index is 2.28. The van der Waals surface area contributed by atoms with E-state index in [-0.39, 0.29) is 12.1 Å². The van der Waals surface area contributed by atoms with Crippen LogP contribution >= 0.6 is 0 Å². The van der Waals surface area contributed by atoms with Crippen LogP contribution in [0.25, 0.3) is 0 Å². The minimum atomic E-state index is -0.218. The average Bonchev–Trinajstić information content (AvgIpc) is 2.19. The number of hydrogen-bond donors (Lipinski definition) is 1. The minimum absolute atomic E-state index is 0.0391. The van der Waals surface area contributed by atoms with E-state index in [4.69, 9.17) is 10.5 Å². The van der Waals surface area contributed by atoms with Crippen LogP contribution in [0.15, 0.2) is 0 Å². The summed E-state index contributed by atoms with van der Waals surface area (Å²) in [6.45, 7) is 3.84. The molecule has 1 unspecified atom stereocenters. The molecule has 5 nitrogen and oxygen atoms in total. The number of hydrogen-bond acceptors (Lipinski definition) is 5. The van der Waals surface area contributed by atoms with Crippen LogP contribution < -0.4 is 5.73 Å². The van der Waals surface area contributed by atoms with Gasteiger partial charge in [-0.3, -0.25) is 9.69 Å². The summed E-state index contributed by atoms with van der Waals surface area (Å²) in [4.78, 5) is 13.2. The molecule has 2 N–H and O–H groups in total. The molecule has 0 aliphatic carbocycles. The summed E-state index contributed by atoms with van der Waals surface area (Å²) in [7, 11) is 1.39. The number of nitrogens with zero attached hydrogens (tertiary/aromatic N) is 1. The first-order valence-electron chi connectivity index (χ1n) is 4.87. The van der Waals surface area contributed by atoms with Gasteiger partial charge in [0.15, 0.2) is 0 Å². The molecular weight excluding hydrogens is 184 g/mol. The van der Waals surface area contributed by atoms with Crippen LogP contribution in [0.1, 0.15) is 6.42 Å². The van der Waals surface area contributed by atoms with Gasteiger partial charge in [0.25, 0.3) is 0 Å². The maximum absolute atomic E-state index is 11.0. The van der Waals surface area contributed by atoms with Crippen LogP contribution in [0.4, 0.5) is 0 Å². The third kappa shape index (κ3) is 3.61. The molecule has 5 heteroatoms. The van der Waals surface area contributed by atoms with Crippen LogP contribution in [0.3, 0.4) is 0 Å². The van der Waals surface area contributed by atoms with Gasteiger partial charge >= 0.3 is 5.97 Å². The van der Waals surface area contributed by atoms with Gasteiger partial charge in [0.05, 0.1) is 26.2 Å². The zero-order valence-electron chi connectivity index (χ0n) is 8.57. The molecule has 82 valence electrons. The predicted molar refractivity (Wildman–Crippen MR) is 51.9 cm³/mol. The molecule has 1 saturated heterocycles. The summed E-state index contributed by atoms with van der Waals surface area (Å²) in [5, 5.41) is 0.